The van der Waals surface area contributed by atoms with Gasteiger partial charge < -0.3 is 28.5 Å². The van der Waals surface area contributed by atoms with E-state index in [1.807, 2.05) is 21.1 Å². The fourth-order valence-corrected chi connectivity index (χ4v) is 5.57. The molecular weight excluding hydrogens is 719 g/mol. The largest absolute Gasteiger partial charge is 0.477 e. The Bertz CT molecular complexity index is 1160. The minimum atomic E-state index is -1.52. The van der Waals surface area contributed by atoms with Crippen LogP contribution < -0.4 is 0 Å². The van der Waals surface area contributed by atoms with Gasteiger partial charge in [0.1, 0.15) is 13.2 Å². The van der Waals surface area contributed by atoms with Gasteiger partial charge in [0.15, 0.2) is 6.10 Å². The second-order valence-corrected chi connectivity index (χ2v) is 15.6. The molecule has 0 aromatic carbocycles. The molecule has 0 rings (SSSR count). The van der Waals surface area contributed by atoms with Gasteiger partial charge in [0.25, 0.3) is 6.29 Å². The quantitative estimate of drug-likeness (QED) is 0.0215. The summed E-state index contributed by atoms with van der Waals surface area (Å²) in [7, 11) is 5.94. The van der Waals surface area contributed by atoms with Gasteiger partial charge >= 0.3 is 17.9 Å². The minimum absolute atomic E-state index is 0.179. The van der Waals surface area contributed by atoms with Gasteiger partial charge in [-0.3, -0.25) is 9.59 Å². The SMILES string of the molecule is CC/C=C\C/C=C\C/C=C\CCCCCCCCCC(=O)OC(COC(=O)CCCCCCC/C=C\C/C=C\C/C=C\CC)COC(OCC[N+](C)(C)C)C(=O)O. The summed E-state index contributed by atoms with van der Waals surface area (Å²) in [6, 6.07) is 0. The summed E-state index contributed by atoms with van der Waals surface area (Å²) in [6.07, 6.45) is 45.3. The van der Waals surface area contributed by atoms with Crippen LogP contribution in [0.25, 0.3) is 0 Å². The standard InChI is InChI=1S/C48H81NO8/c1-6-8-10-12-14-16-18-20-22-23-25-27-29-31-33-35-37-39-46(51)57-44(43-56-48(47(52)53)54-41-40-49(3,4)5)42-55-45(50)38-36-34-32-30-28-26-24-21-19-17-15-13-11-9-7-2/h8-11,14-17,20-22,24,44,48H,6-7,12-13,18-19,23,25-43H2,1-5H3/p+1/b10-8-,11-9-,16-14-,17-15-,22-20-,24-21-. The van der Waals surface area contributed by atoms with Crippen LogP contribution in [0.15, 0.2) is 72.9 Å². The van der Waals surface area contributed by atoms with Crippen LogP contribution in [0.4, 0.5) is 0 Å². The molecule has 0 heterocycles. The van der Waals surface area contributed by atoms with Gasteiger partial charge in [0.2, 0.25) is 0 Å². The number of allylic oxidation sites excluding steroid dienone is 12. The van der Waals surface area contributed by atoms with Gasteiger partial charge in [-0.1, -0.05) is 138 Å². The predicted molar refractivity (Wildman–Crippen MR) is 235 cm³/mol. The summed E-state index contributed by atoms with van der Waals surface area (Å²) >= 11 is 0. The van der Waals surface area contributed by atoms with Crippen LogP contribution in [-0.4, -0.2) is 87.4 Å². The van der Waals surface area contributed by atoms with Gasteiger partial charge in [-0.05, 0) is 77.0 Å². The summed E-state index contributed by atoms with van der Waals surface area (Å²) in [5.41, 5.74) is 0. The fraction of sp³-hybridized carbons (Fsp3) is 0.688. The van der Waals surface area contributed by atoms with Crippen LogP contribution >= 0.6 is 0 Å². The summed E-state index contributed by atoms with van der Waals surface area (Å²) in [5, 5.41) is 9.63. The number of carboxylic acids is 1. The predicted octanol–water partition coefficient (Wildman–Crippen LogP) is 11.6. The van der Waals surface area contributed by atoms with E-state index in [2.05, 4.69) is 86.8 Å². The van der Waals surface area contributed by atoms with E-state index in [-0.39, 0.29) is 38.6 Å². The molecule has 0 aromatic rings. The lowest BCUT2D eigenvalue weighted by Crippen LogP contribution is -2.40. The summed E-state index contributed by atoms with van der Waals surface area (Å²) in [6.45, 7) is 4.59. The Morgan fingerprint density at radius 2 is 0.947 bits per heavy atom. The molecule has 0 aliphatic rings. The number of hydrogen-bond acceptors (Lipinski definition) is 7. The molecule has 9 nitrogen and oxygen atoms in total. The summed E-state index contributed by atoms with van der Waals surface area (Å²) in [4.78, 5) is 37.1. The van der Waals surface area contributed by atoms with E-state index < -0.39 is 24.3 Å². The van der Waals surface area contributed by atoms with E-state index >= 15 is 0 Å². The summed E-state index contributed by atoms with van der Waals surface area (Å²) < 4.78 is 22.7. The number of aliphatic carboxylic acids is 1. The molecule has 9 heteroatoms. The Kier molecular flexibility index (Phi) is 37.3. The van der Waals surface area contributed by atoms with Crippen LogP contribution in [0.2, 0.25) is 0 Å². The Labute approximate surface area is 347 Å². The van der Waals surface area contributed by atoms with Crippen molar-refractivity contribution in [2.45, 2.75) is 167 Å². The Morgan fingerprint density at radius 3 is 1.40 bits per heavy atom. The monoisotopic (exact) mass is 801 g/mol. The first-order valence-corrected chi connectivity index (χ1v) is 22.1. The highest BCUT2D eigenvalue weighted by atomic mass is 16.7. The third kappa shape index (κ3) is 40.7. The van der Waals surface area contributed by atoms with E-state index in [0.717, 1.165) is 103 Å². The summed E-state index contributed by atoms with van der Waals surface area (Å²) in [5.74, 6) is -2.05. The zero-order chi connectivity index (χ0) is 42.1. The Hall–Kier alpha value is -3.27. The number of esters is 2. The number of quaternary nitrogens is 1. The van der Waals surface area contributed by atoms with Crippen molar-refractivity contribution in [1.82, 2.24) is 0 Å². The zero-order valence-electron chi connectivity index (χ0n) is 36.7. The highest BCUT2D eigenvalue weighted by Gasteiger charge is 2.25. The van der Waals surface area contributed by atoms with Crippen molar-refractivity contribution in [1.29, 1.82) is 0 Å². The maximum Gasteiger partial charge on any atom is 0.361 e. The molecule has 2 atom stereocenters. The van der Waals surface area contributed by atoms with E-state index in [0.29, 0.717) is 17.4 Å². The van der Waals surface area contributed by atoms with Crippen molar-refractivity contribution >= 4 is 17.9 Å². The van der Waals surface area contributed by atoms with Crippen LogP contribution in [0.1, 0.15) is 155 Å². The second kappa shape index (κ2) is 39.6. The van der Waals surface area contributed by atoms with Gasteiger partial charge in [-0.25, -0.2) is 4.79 Å². The van der Waals surface area contributed by atoms with E-state index in [1.54, 1.807) is 0 Å². The Balaban J connectivity index is 4.50. The lowest BCUT2D eigenvalue weighted by molar-refractivity contribution is -0.870. The van der Waals surface area contributed by atoms with Gasteiger partial charge in [0, 0.05) is 12.8 Å². The van der Waals surface area contributed by atoms with Crippen molar-refractivity contribution in [3.63, 3.8) is 0 Å². The average molecular weight is 801 g/mol. The number of hydrogen-bond donors (Lipinski definition) is 1. The average Bonchev–Trinajstić information content (AvgIpc) is 3.17. The van der Waals surface area contributed by atoms with Crippen molar-refractivity contribution in [2.75, 3.05) is 47.5 Å². The normalized spacial score (nSPS) is 13.6. The highest BCUT2D eigenvalue weighted by molar-refractivity contribution is 5.71. The number of rotatable bonds is 39. The van der Waals surface area contributed by atoms with E-state index in [9.17, 15) is 19.5 Å². The molecule has 0 aromatic heterocycles. The van der Waals surface area contributed by atoms with Crippen LogP contribution in [-0.2, 0) is 33.3 Å². The van der Waals surface area contributed by atoms with Crippen molar-refractivity contribution in [2.24, 2.45) is 0 Å². The van der Waals surface area contributed by atoms with Gasteiger partial charge in [0.05, 0.1) is 34.4 Å². The maximum atomic E-state index is 12.8. The van der Waals surface area contributed by atoms with Crippen LogP contribution in [0.5, 0.6) is 0 Å². The molecule has 0 radical (unpaired) electrons. The van der Waals surface area contributed by atoms with E-state index in [4.69, 9.17) is 18.9 Å². The lowest BCUT2D eigenvalue weighted by atomic mass is 10.1. The fourth-order valence-electron chi connectivity index (χ4n) is 5.57. The van der Waals surface area contributed by atoms with Crippen LogP contribution in [0.3, 0.4) is 0 Å². The first-order valence-electron chi connectivity index (χ1n) is 22.1. The maximum absolute atomic E-state index is 12.8. The number of carbonyl (C=O) groups excluding carboxylic acids is 2. The first-order chi connectivity index (χ1) is 27.6. The third-order valence-corrected chi connectivity index (χ3v) is 8.96. The van der Waals surface area contributed by atoms with Gasteiger partial charge in [-0.2, -0.15) is 0 Å². The molecule has 0 aliphatic carbocycles. The molecule has 1 N–H and O–H groups in total. The zero-order valence-corrected chi connectivity index (χ0v) is 36.7. The molecular formula is C48H82NO8+. The van der Waals surface area contributed by atoms with Crippen molar-refractivity contribution < 1.29 is 42.9 Å². The number of carboxylic acid groups (broad SMARTS) is 1. The third-order valence-electron chi connectivity index (χ3n) is 8.96. The van der Waals surface area contributed by atoms with Crippen molar-refractivity contribution in [3.05, 3.63) is 72.9 Å². The number of likely N-dealkylation sites (N-methyl/N-ethyl adjacent to an activating group) is 1. The first kappa shape index (κ1) is 53.7. The molecule has 0 spiro atoms. The molecule has 2 unspecified atom stereocenters. The Morgan fingerprint density at radius 1 is 0.526 bits per heavy atom. The molecule has 57 heavy (non-hydrogen) atoms. The molecule has 0 saturated carbocycles. The highest BCUT2D eigenvalue weighted by Crippen LogP contribution is 2.13. The molecule has 0 bridgehead atoms. The molecule has 0 fully saturated rings. The molecule has 0 aliphatic heterocycles. The second-order valence-electron chi connectivity index (χ2n) is 15.6. The number of ether oxygens (including phenoxy) is 4. The van der Waals surface area contributed by atoms with Crippen molar-refractivity contribution in [3.8, 4) is 0 Å². The van der Waals surface area contributed by atoms with Gasteiger partial charge in [-0.15, -0.1) is 0 Å². The smallest absolute Gasteiger partial charge is 0.361 e. The topological polar surface area (TPSA) is 108 Å². The molecule has 0 amide bonds. The number of carbonyl (C=O) groups is 3. The lowest BCUT2D eigenvalue weighted by Gasteiger charge is -2.25. The molecule has 0 saturated heterocycles. The van der Waals surface area contributed by atoms with Crippen LogP contribution in [0, 0.1) is 0 Å². The number of nitrogens with zero attached hydrogens (tertiary/aromatic N) is 1. The minimum Gasteiger partial charge on any atom is -0.477 e. The van der Waals surface area contributed by atoms with E-state index in [1.165, 1.54) is 19.3 Å². The molecule has 326 valence electrons. The number of unbranched alkanes of at least 4 members (excludes halogenated alkanes) is 12.